The monoisotopic (exact) mass is 282 g/mol. The topological polar surface area (TPSA) is 75.3 Å². The molecule has 1 amide bonds. The quantitative estimate of drug-likeness (QED) is 0.810. The molecule has 1 aromatic rings. The van der Waals surface area contributed by atoms with Crippen LogP contribution in [0.25, 0.3) is 0 Å². The fraction of sp³-hybridized carbons (Fsp3) is 0.308. The third kappa shape index (κ3) is 4.50. The summed E-state index contributed by atoms with van der Waals surface area (Å²) in [6, 6.07) is 5.88. The Kier molecular flexibility index (Phi) is 4.85. The fourth-order valence-electron chi connectivity index (χ4n) is 1.36. The summed E-state index contributed by atoms with van der Waals surface area (Å²) in [6.45, 7) is 8.58. The van der Waals surface area contributed by atoms with Crippen molar-refractivity contribution in [1.29, 1.82) is 0 Å². The molecule has 0 heterocycles. The van der Waals surface area contributed by atoms with Crippen molar-refractivity contribution in [3.05, 3.63) is 36.4 Å². The average Bonchev–Trinajstić information content (AvgIpc) is 2.27. The molecule has 1 rings (SSSR count). The molecule has 5 nitrogen and oxygen atoms in total. The largest absolute Gasteiger partial charge is 0.322 e. The predicted octanol–water partition coefficient (Wildman–Crippen LogP) is 1.89. The van der Waals surface area contributed by atoms with Crippen LogP contribution in [0, 0.1) is 0 Å². The van der Waals surface area contributed by atoms with Crippen LogP contribution in [0.4, 0.5) is 5.69 Å². The van der Waals surface area contributed by atoms with Gasteiger partial charge in [0.25, 0.3) is 5.91 Å². The van der Waals surface area contributed by atoms with Gasteiger partial charge in [-0.3, -0.25) is 4.79 Å². The van der Waals surface area contributed by atoms with Crippen molar-refractivity contribution in [2.45, 2.75) is 31.7 Å². The van der Waals surface area contributed by atoms with Gasteiger partial charge in [-0.15, -0.1) is 0 Å². The Hall–Kier alpha value is -1.66. The maximum Gasteiger partial charge on any atom is 0.250 e. The van der Waals surface area contributed by atoms with Crippen molar-refractivity contribution in [3.63, 3.8) is 0 Å². The molecule has 0 aliphatic carbocycles. The summed E-state index contributed by atoms with van der Waals surface area (Å²) >= 11 is 0. The highest BCUT2D eigenvalue weighted by Crippen LogP contribution is 2.16. The van der Waals surface area contributed by atoms with Crippen LogP contribution in [0.5, 0.6) is 0 Å². The first-order valence-corrected chi connectivity index (χ1v) is 7.30. The molecule has 2 N–H and O–H groups in total. The van der Waals surface area contributed by atoms with Gasteiger partial charge in [-0.05, 0) is 39.0 Å². The number of amides is 1. The van der Waals surface area contributed by atoms with E-state index in [-0.39, 0.29) is 16.8 Å². The summed E-state index contributed by atoms with van der Waals surface area (Å²) < 4.78 is 26.4. The molecular weight excluding hydrogens is 264 g/mol. The Labute approximate surface area is 113 Å². The Morgan fingerprint density at radius 1 is 1.32 bits per heavy atom. The van der Waals surface area contributed by atoms with E-state index in [1.807, 2.05) is 0 Å². The zero-order valence-electron chi connectivity index (χ0n) is 11.2. The average molecular weight is 282 g/mol. The minimum absolute atomic E-state index is 0.112. The first-order valence-electron chi connectivity index (χ1n) is 5.81. The van der Waals surface area contributed by atoms with Crippen LogP contribution in [0.2, 0.25) is 0 Å². The second-order valence-electron chi connectivity index (χ2n) is 4.54. The summed E-state index contributed by atoms with van der Waals surface area (Å²) in [6.07, 6.45) is 0. The third-order valence-corrected chi connectivity index (χ3v) is 3.84. The molecule has 0 aliphatic rings. The first kappa shape index (κ1) is 15.4. The highest BCUT2D eigenvalue weighted by atomic mass is 32.2. The molecule has 104 valence electrons. The van der Waals surface area contributed by atoms with Crippen LogP contribution in [-0.2, 0) is 14.8 Å². The standard InChI is InChI=1S/C13H18N2O3S/c1-9(2)13(16)14-11-6-5-7-12(8-11)19(17,18)15-10(3)4/h5-8,10,15H,1H2,2-4H3,(H,14,16). The first-order chi connectivity index (χ1) is 8.72. The fourth-order valence-corrected chi connectivity index (χ4v) is 2.65. The number of anilines is 1. The van der Waals surface area contributed by atoms with Gasteiger partial charge in [0.05, 0.1) is 4.90 Å². The Morgan fingerprint density at radius 2 is 1.95 bits per heavy atom. The zero-order valence-corrected chi connectivity index (χ0v) is 12.0. The van der Waals surface area contributed by atoms with Gasteiger partial charge in [0.2, 0.25) is 10.0 Å². The van der Waals surface area contributed by atoms with Crippen molar-refractivity contribution >= 4 is 21.6 Å². The molecule has 0 unspecified atom stereocenters. The predicted molar refractivity (Wildman–Crippen MR) is 75.3 cm³/mol. The second kappa shape index (κ2) is 5.99. The molecule has 0 saturated carbocycles. The number of carbonyl (C=O) groups excluding carboxylic acids is 1. The normalized spacial score (nSPS) is 11.4. The van der Waals surface area contributed by atoms with E-state index in [9.17, 15) is 13.2 Å². The molecule has 0 aromatic heterocycles. The lowest BCUT2D eigenvalue weighted by molar-refractivity contribution is -0.112. The summed E-state index contributed by atoms with van der Waals surface area (Å²) in [5.74, 6) is -0.341. The minimum Gasteiger partial charge on any atom is -0.322 e. The van der Waals surface area contributed by atoms with Gasteiger partial charge < -0.3 is 5.32 Å². The van der Waals surface area contributed by atoms with Crippen LogP contribution in [0.15, 0.2) is 41.3 Å². The summed E-state index contributed by atoms with van der Waals surface area (Å²) in [4.78, 5) is 11.6. The summed E-state index contributed by atoms with van der Waals surface area (Å²) in [7, 11) is -3.56. The van der Waals surface area contributed by atoms with Crippen molar-refractivity contribution in [3.8, 4) is 0 Å². The third-order valence-electron chi connectivity index (χ3n) is 2.18. The van der Waals surface area contributed by atoms with Gasteiger partial charge in [-0.2, -0.15) is 0 Å². The number of rotatable bonds is 5. The van der Waals surface area contributed by atoms with Crippen molar-refractivity contribution in [2.75, 3.05) is 5.32 Å². The highest BCUT2D eigenvalue weighted by Gasteiger charge is 2.15. The van der Waals surface area contributed by atoms with Gasteiger partial charge in [-0.25, -0.2) is 13.1 Å². The lowest BCUT2D eigenvalue weighted by atomic mass is 10.3. The molecule has 1 aromatic carbocycles. The van der Waals surface area contributed by atoms with E-state index in [4.69, 9.17) is 0 Å². The van der Waals surface area contributed by atoms with Crippen molar-refractivity contribution in [1.82, 2.24) is 4.72 Å². The number of hydrogen-bond donors (Lipinski definition) is 2. The van der Waals surface area contributed by atoms with Crippen molar-refractivity contribution in [2.24, 2.45) is 0 Å². The molecule has 6 heteroatoms. The molecule has 0 aliphatic heterocycles. The molecule has 0 bridgehead atoms. The van der Waals surface area contributed by atoms with Crippen LogP contribution >= 0.6 is 0 Å². The van der Waals surface area contributed by atoms with Crippen LogP contribution in [-0.4, -0.2) is 20.4 Å². The highest BCUT2D eigenvalue weighted by molar-refractivity contribution is 7.89. The van der Waals surface area contributed by atoms with E-state index >= 15 is 0 Å². The number of sulfonamides is 1. The maximum absolute atomic E-state index is 12.0. The van der Waals surface area contributed by atoms with Gasteiger partial charge in [-0.1, -0.05) is 12.6 Å². The summed E-state index contributed by atoms with van der Waals surface area (Å²) in [5.41, 5.74) is 0.771. The smallest absolute Gasteiger partial charge is 0.250 e. The van der Waals surface area contributed by atoms with E-state index < -0.39 is 10.0 Å². The Morgan fingerprint density at radius 3 is 2.47 bits per heavy atom. The summed E-state index contributed by atoms with van der Waals surface area (Å²) in [5, 5.41) is 2.58. The van der Waals surface area contributed by atoms with E-state index in [2.05, 4.69) is 16.6 Å². The SMILES string of the molecule is C=C(C)C(=O)Nc1cccc(S(=O)(=O)NC(C)C)c1. The molecular formula is C13H18N2O3S. The van der Waals surface area contributed by atoms with Crippen LogP contribution in [0.3, 0.4) is 0 Å². The van der Waals surface area contributed by atoms with E-state index in [1.54, 1.807) is 32.9 Å². The van der Waals surface area contributed by atoms with E-state index in [0.717, 1.165) is 0 Å². The lowest BCUT2D eigenvalue weighted by Gasteiger charge is -2.11. The second-order valence-corrected chi connectivity index (χ2v) is 6.25. The van der Waals surface area contributed by atoms with Gasteiger partial charge >= 0.3 is 0 Å². The molecule has 0 atom stereocenters. The zero-order chi connectivity index (χ0) is 14.6. The molecule has 19 heavy (non-hydrogen) atoms. The van der Waals surface area contributed by atoms with Crippen LogP contribution < -0.4 is 10.0 Å². The number of hydrogen-bond acceptors (Lipinski definition) is 3. The van der Waals surface area contributed by atoms with E-state index in [0.29, 0.717) is 11.3 Å². The van der Waals surface area contributed by atoms with Crippen molar-refractivity contribution < 1.29 is 13.2 Å². The molecule has 0 fully saturated rings. The maximum atomic E-state index is 12.0. The van der Waals surface area contributed by atoms with Gasteiger partial charge in [0.1, 0.15) is 0 Å². The van der Waals surface area contributed by atoms with Crippen LogP contribution in [0.1, 0.15) is 20.8 Å². The minimum atomic E-state index is -3.56. The molecule has 0 spiro atoms. The number of carbonyl (C=O) groups is 1. The molecule has 0 saturated heterocycles. The van der Waals surface area contributed by atoms with Gasteiger partial charge in [0.15, 0.2) is 0 Å². The van der Waals surface area contributed by atoms with E-state index in [1.165, 1.54) is 12.1 Å². The Bertz CT molecular complexity index is 592. The number of benzene rings is 1. The molecule has 0 radical (unpaired) electrons. The van der Waals surface area contributed by atoms with Gasteiger partial charge in [0, 0.05) is 17.3 Å². The Balaban J connectivity index is 3.01. The lowest BCUT2D eigenvalue weighted by Crippen LogP contribution is -2.30. The number of nitrogens with one attached hydrogen (secondary N) is 2.